The third-order valence-electron chi connectivity index (χ3n) is 4.51. The van der Waals surface area contributed by atoms with E-state index in [1.165, 1.54) is 0 Å². The Balaban J connectivity index is 1.49. The summed E-state index contributed by atoms with van der Waals surface area (Å²) in [6.45, 7) is 1.15. The van der Waals surface area contributed by atoms with Gasteiger partial charge in [0, 0.05) is 18.7 Å². The van der Waals surface area contributed by atoms with Crippen LogP contribution in [0.5, 0.6) is 5.75 Å². The van der Waals surface area contributed by atoms with Gasteiger partial charge < -0.3 is 20.5 Å². The van der Waals surface area contributed by atoms with Crippen molar-refractivity contribution in [1.82, 2.24) is 10.6 Å². The average molecular weight is 340 g/mol. The van der Waals surface area contributed by atoms with Crippen LogP contribution in [0.1, 0.15) is 30.4 Å². The Labute approximate surface area is 148 Å². The van der Waals surface area contributed by atoms with Gasteiger partial charge in [-0.3, -0.25) is 0 Å². The number of para-hydroxylation sites is 1. The number of amides is 2. The fourth-order valence-corrected chi connectivity index (χ4v) is 2.77. The Morgan fingerprint density at radius 1 is 1.04 bits per heavy atom. The maximum atomic E-state index is 11.9. The Morgan fingerprint density at radius 3 is 2.48 bits per heavy atom. The number of hydrogen-bond acceptors (Lipinski definition) is 3. The molecule has 1 aliphatic carbocycles. The van der Waals surface area contributed by atoms with Gasteiger partial charge in [-0.05, 0) is 30.9 Å². The highest BCUT2D eigenvalue weighted by Gasteiger charge is 2.34. The number of aliphatic hydroxyl groups is 1. The molecule has 1 saturated carbocycles. The van der Waals surface area contributed by atoms with Crippen LogP contribution in [0.15, 0.2) is 54.6 Å². The van der Waals surface area contributed by atoms with Crippen LogP contribution in [0.25, 0.3) is 0 Å². The van der Waals surface area contributed by atoms with Gasteiger partial charge >= 0.3 is 6.03 Å². The molecular weight excluding hydrogens is 316 g/mol. The topological polar surface area (TPSA) is 70.6 Å². The minimum absolute atomic E-state index is 0.279. The highest BCUT2D eigenvalue weighted by atomic mass is 16.5. The van der Waals surface area contributed by atoms with Crippen LogP contribution >= 0.6 is 0 Å². The maximum Gasteiger partial charge on any atom is 0.315 e. The van der Waals surface area contributed by atoms with Crippen LogP contribution in [0.2, 0.25) is 0 Å². The third kappa shape index (κ3) is 4.97. The van der Waals surface area contributed by atoms with E-state index in [4.69, 9.17) is 4.74 Å². The van der Waals surface area contributed by atoms with Crippen molar-refractivity contribution < 1.29 is 14.6 Å². The zero-order valence-electron chi connectivity index (χ0n) is 14.2. The number of rotatable bonds is 7. The van der Waals surface area contributed by atoms with E-state index in [1.807, 2.05) is 54.6 Å². The number of ether oxygens (including phenoxy) is 1. The van der Waals surface area contributed by atoms with Crippen LogP contribution in [0.4, 0.5) is 4.79 Å². The van der Waals surface area contributed by atoms with Crippen LogP contribution in [-0.2, 0) is 13.2 Å². The van der Waals surface area contributed by atoms with E-state index in [0.717, 1.165) is 36.1 Å². The van der Waals surface area contributed by atoms with Crippen LogP contribution < -0.4 is 15.4 Å². The van der Waals surface area contributed by atoms with Gasteiger partial charge in [0.15, 0.2) is 0 Å². The molecule has 0 heterocycles. The molecule has 3 rings (SSSR count). The van der Waals surface area contributed by atoms with Gasteiger partial charge in [0.1, 0.15) is 12.4 Å². The molecule has 0 bridgehead atoms. The molecular formula is C20H24N2O3. The maximum absolute atomic E-state index is 11.9. The van der Waals surface area contributed by atoms with Crippen molar-refractivity contribution in [2.45, 2.75) is 38.0 Å². The standard InChI is InChI=1S/C20H24N2O3/c23-19(22-15-20(24)11-6-12-20)21-13-17-9-4-5-10-18(17)25-14-16-7-2-1-3-8-16/h1-5,7-10,24H,6,11-15H2,(H2,21,22,23). The van der Waals surface area contributed by atoms with Crippen LogP contribution in [0, 0.1) is 0 Å². The van der Waals surface area contributed by atoms with E-state index in [2.05, 4.69) is 10.6 Å². The number of carbonyl (C=O) groups excluding carboxylic acids is 1. The average Bonchev–Trinajstić information content (AvgIpc) is 2.63. The second-order valence-electron chi connectivity index (χ2n) is 6.50. The Hall–Kier alpha value is -2.53. The first-order valence-electron chi connectivity index (χ1n) is 8.63. The Morgan fingerprint density at radius 2 is 1.76 bits per heavy atom. The largest absolute Gasteiger partial charge is 0.489 e. The van der Waals surface area contributed by atoms with Crippen molar-refractivity contribution in [3.63, 3.8) is 0 Å². The van der Waals surface area contributed by atoms with Gasteiger partial charge in [-0.15, -0.1) is 0 Å². The molecule has 132 valence electrons. The van der Waals surface area contributed by atoms with Crippen molar-refractivity contribution in [1.29, 1.82) is 0 Å². The third-order valence-corrected chi connectivity index (χ3v) is 4.51. The van der Waals surface area contributed by atoms with Crippen LogP contribution in [-0.4, -0.2) is 23.3 Å². The molecule has 2 amide bonds. The number of carbonyl (C=O) groups is 1. The monoisotopic (exact) mass is 340 g/mol. The number of hydrogen-bond donors (Lipinski definition) is 3. The molecule has 0 saturated heterocycles. The summed E-state index contributed by atoms with van der Waals surface area (Å²) in [4.78, 5) is 11.9. The van der Waals surface area contributed by atoms with Crippen molar-refractivity contribution in [3.05, 3.63) is 65.7 Å². The molecule has 2 aromatic carbocycles. The molecule has 3 N–H and O–H groups in total. The Kier molecular flexibility index (Phi) is 5.56. The summed E-state index contributed by atoms with van der Waals surface area (Å²) in [5, 5.41) is 15.6. The minimum Gasteiger partial charge on any atom is -0.489 e. The smallest absolute Gasteiger partial charge is 0.315 e. The Bertz CT molecular complexity index is 699. The van der Waals surface area contributed by atoms with E-state index < -0.39 is 5.60 Å². The van der Waals surface area contributed by atoms with Crippen molar-refractivity contribution in [3.8, 4) is 5.75 Å². The van der Waals surface area contributed by atoms with Gasteiger partial charge in [0.05, 0.1) is 5.60 Å². The van der Waals surface area contributed by atoms with Gasteiger partial charge in [-0.2, -0.15) is 0 Å². The van der Waals surface area contributed by atoms with Gasteiger partial charge in [-0.25, -0.2) is 4.79 Å². The van der Waals surface area contributed by atoms with Crippen molar-refractivity contribution >= 4 is 6.03 Å². The van der Waals surface area contributed by atoms with Crippen molar-refractivity contribution in [2.24, 2.45) is 0 Å². The first-order chi connectivity index (χ1) is 12.1. The van der Waals surface area contributed by atoms with Gasteiger partial charge in [-0.1, -0.05) is 48.5 Å². The van der Waals surface area contributed by atoms with E-state index in [9.17, 15) is 9.90 Å². The molecule has 5 heteroatoms. The van der Waals surface area contributed by atoms with E-state index in [1.54, 1.807) is 0 Å². The lowest BCUT2D eigenvalue weighted by molar-refractivity contribution is -0.0290. The molecule has 2 aromatic rings. The minimum atomic E-state index is -0.714. The van der Waals surface area contributed by atoms with Gasteiger partial charge in [0.2, 0.25) is 0 Å². The quantitative estimate of drug-likeness (QED) is 0.726. The first kappa shape index (κ1) is 17.3. The van der Waals surface area contributed by atoms with Gasteiger partial charge in [0.25, 0.3) is 0 Å². The van der Waals surface area contributed by atoms with E-state index in [0.29, 0.717) is 19.7 Å². The summed E-state index contributed by atoms with van der Waals surface area (Å²) in [5.41, 5.74) is 1.29. The normalized spacial score (nSPS) is 15.1. The molecule has 1 fully saturated rings. The fourth-order valence-electron chi connectivity index (χ4n) is 2.77. The lowest BCUT2D eigenvalue weighted by atomic mass is 9.80. The second-order valence-corrected chi connectivity index (χ2v) is 6.50. The second kappa shape index (κ2) is 8.03. The molecule has 0 spiro atoms. The van der Waals surface area contributed by atoms with E-state index >= 15 is 0 Å². The molecule has 0 atom stereocenters. The zero-order chi connectivity index (χ0) is 17.5. The SMILES string of the molecule is O=C(NCc1ccccc1OCc1ccccc1)NCC1(O)CCC1. The van der Waals surface area contributed by atoms with Crippen molar-refractivity contribution in [2.75, 3.05) is 6.54 Å². The first-order valence-corrected chi connectivity index (χ1v) is 8.63. The molecule has 0 unspecified atom stereocenters. The molecule has 5 nitrogen and oxygen atoms in total. The predicted molar refractivity (Wildman–Crippen MR) is 96.3 cm³/mol. The molecule has 1 aliphatic rings. The highest BCUT2D eigenvalue weighted by molar-refractivity contribution is 5.74. The zero-order valence-corrected chi connectivity index (χ0v) is 14.2. The summed E-state index contributed by atoms with van der Waals surface area (Å²) in [5.74, 6) is 0.754. The lowest BCUT2D eigenvalue weighted by Gasteiger charge is -2.36. The van der Waals surface area contributed by atoms with E-state index in [-0.39, 0.29) is 6.03 Å². The molecule has 25 heavy (non-hydrogen) atoms. The lowest BCUT2D eigenvalue weighted by Crippen LogP contribution is -2.49. The molecule has 0 aromatic heterocycles. The fraction of sp³-hybridized carbons (Fsp3) is 0.350. The summed E-state index contributed by atoms with van der Waals surface area (Å²) in [7, 11) is 0. The number of nitrogens with one attached hydrogen (secondary N) is 2. The highest BCUT2D eigenvalue weighted by Crippen LogP contribution is 2.30. The van der Waals surface area contributed by atoms with Crippen LogP contribution in [0.3, 0.4) is 0 Å². The summed E-state index contributed by atoms with van der Waals surface area (Å²) < 4.78 is 5.88. The number of benzene rings is 2. The summed E-state index contributed by atoms with van der Waals surface area (Å²) in [6, 6.07) is 17.3. The molecule has 0 aliphatic heterocycles. The predicted octanol–water partition coefficient (Wildman–Crippen LogP) is 2.98. The number of urea groups is 1. The summed E-state index contributed by atoms with van der Waals surface area (Å²) >= 11 is 0. The summed E-state index contributed by atoms with van der Waals surface area (Å²) in [6.07, 6.45) is 2.53. The molecule has 0 radical (unpaired) electrons.